The number of hydrogen-bond acceptors (Lipinski definition) is 4. The van der Waals surface area contributed by atoms with E-state index in [0.29, 0.717) is 0 Å². The van der Waals surface area contributed by atoms with Crippen LogP contribution in [0, 0.1) is 0 Å². The Labute approximate surface area is 118 Å². The predicted octanol–water partition coefficient (Wildman–Crippen LogP) is 1.61. The number of rotatable bonds is 4. The van der Waals surface area contributed by atoms with E-state index in [1.807, 2.05) is 30.3 Å². The van der Waals surface area contributed by atoms with Gasteiger partial charge in [-0.15, -0.1) is 10.2 Å². The number of benzene rings is 1. The summed E-state index contributed by atoms with van der Waals surface area (Å²) in [5.74, 6) is 0.981. The lowest BCUT2D eigenvalue weighted by atomic mass is 9.98. The molecule has 5 heteroatoms. The Morgan fingerprint density at radius 2 is 2.05 bits per heavy atom. The van der Waals surface area contributed by atoms with E-state index in [2.05, 4.69) is 26.6 Å². The molecule has 20 heavy (non-hydrogen) atoms. The second-order valence-electron chi connectivity index (χ2n) is 5.24. The molecule has 0 saturated carbocycles. The Morgan fingerprint density at radius 1 is 1.25 bits per heavy atom. The molecule has 2 heterocycles. The van der Waals surface area contributed by atoms with Gasteiger partial charge < -0.3 is 9.67 Å². The number of hydrogen-bond donors (Lipinski definition) is 1. The van der Waals surface area contributed by atoms with E-state index in [4.69, 9.17) is 0 Å². The Kier molecular flexibility index (Phi) is 3.80. The zero-order chi connectivity index (χ0) is 13.9. The first-order valence-corrected chi connectivity index (χ1v) is 7.13. The normalized spacial score (nSPS) is 18.5. The summed E-state index contributed by atoms with van der Waals surface area (Å²) in [6.45, 7) is 4.69. The molecule has 0 bridgehead atoms. The van der Waals surface area contributed by atoms with Gasteiger partial charge in [0.25, 0.3) is 0 Å². The maximum Gasteiger partial charge on any atom is 0.147 e. The summed E-state index contributed by atoms with van der Waals surface area (Å²) in [4.78, 5) is 2.31. The molecule has 1 N–H and O–H groups in total. The second kappa shape index (κ2) is 5.73. The average Bonchev–Trinajstić information content (AvgIpc) is 2.96. The lowest BCUT2D eigenvalue weighted by Gasteiger charge is -2.36. The van der Waals surface area contributed by atoms with Gasteiger partial charge in [-0.25, -0.2) is 0 Å². The van der Waals surface area contributed by atoms with Crippen molar-refractivity contribution in [2.45, 2.75) is 38.6 Å². The number of aliphatic hydroxyl groups is 1. The fourth-order valence-corrected chi connectivity index (χ4v) is 2.92. The highest BCUT2D eigenvalue weighted by Gasteiger charge is 2.29. The molecule has 1 aliphatic heterocycles. The van der Waals surface area contributed by atoms with Gasteiger partial charge in [-0.1, -0.05) is 37.3 Å². The smallest absolute Gasteiger partial charge is 0.147 e. The van der Waals surface area contributed by atoms with Crippen LogP contribution < -0.4 is 0 Å². The highest BCUT2D eigenvalue weighted by Crippen LogP contribution is 2.25. The fraction of sp³-hybridized carbons (Fsp3) is 0.467. The summed E-state index contributed by atoms with van der Waals surface area (Å²) in [5, 5.41) is 18.7. The van der Waals surface area contributed by atoms with Gasteiger partial charge >= 0.3 is 0 Å². The van der Waals surface area contributed by atoms with Crippen LogP contribution in [0.25, 0.3) is 0 Å². The van der Waals surface area contributed by atoms with Crippen LogP contribution >= 0.6 is 0 Å². The summed E-state index contributed by atoms with van der Waals surface area (Å²) in [6.07, 6.45) is 2.22. The van der Waals surface area contributed by atoms with Crippen LogP contribution in [0.5, 0.6) is 0 Å². The van der Waals surface area contributed by atoms with Crippen LogP contribution in [0.3, 0.4) is 0 Å². The Balaban J connectivity index is 1.77. The Bertz CT molecular complexity index is 554. The summed E-state index contributed by atoms with van der Waals surface area (Å²) in [7, 11) is 0. The lowest BCUT2D eigenvalue weighted by Crippen LogP contribution is -2.44. The summed E-state index contributed by atoms with van der Waals surface area (Å²) >= 11 is 0. The van der Waals surface area contributed by atoms with Crippen molar-refractivity contribution in [3.05, 3.63) is 48.0 Å². The molecule has 3 rings (SSSR count). The van der Waals surface area contributed by atoms with Gasteiger partial charge in [0.05, 0.1) is 12.6 Å². The molecule has 1 aromatic heterocycles. The van der Waals surface area contributed by atoms with Gasteiger partial charge in [-0.05, 0) is 12.0 Å². The molecule has 0 fully saturated rings. The molecular weight excluding hydrogens is 252 g/mol. The van der Waals surface area contributed by atoms with Crippen molar-refractivity contribution in [1.29, 1.82) is 0 Å². The first kappa shape index (κ1) is 13.3. The predicted molar refractivity (Wildman–Crippen MR) is 75.9 cm³/mol. The number of aromatic nitrogens is 3. The van der Waals surface area contributed by atoms with Gasteiger partial charge in [0.1, 0.15) is 12.2 Å². The quantitative estimate of drug-likeness (QED) is 0.918. The van der Waals surface area contributed by atoms with Gasteiger partial charge in [-0.3, -0.25) is 4.90 Å². The molecule has 5 nitrogen and oxygen atoms in total. The molecule has 0 saturated heterocycles. The standard InChI is InChI=1S/C15H20N4O/c1-2-13(15(20)12-6-4-3-5-7-12)18-8-9-19-11-16-17-14(19)10-18/h3-7,11,13,15,20H,2,8-10H2,1H3. The van der Waals surface area contributed by atoms with Gasteiger partial charge in [0, 0.05) is 19.1 Å². The Morgan fingerprint density at radius 3 is 2.80 bits per heavy atom. The molecule has 1 aliphatic rings. The van der Waals surface area contributed by atoms with E-state index < -0.39 is 6.10 Å². The number of nitrogens with zero attached hydrogens (tertiary/aromatic N) is 4. The Hall–Kier alpha value is -1.72. The van der Waals surface area contributed by atoms with Gasteiger partial charge in [0.15, 0.2) is 0 Å². The number of fused-ring (bicyclic) bond motifs is 1. The van der Waals surface area contributed by atoms with E-state index in [0.717, 1.165) is 37.4 Å². The molecule has 0 spiro atoms. The highest BCUT2D eigenvalue weighted by molar-refractivity contribution is 5.19. The molecule has 2 unspecified atom stereocenters. The third-order valence-corrected chi connectivity index (χ3v) is 4.06. The van der Waals surface area contributed by atoms with Crippen molar-refractivity contribution in [2.75, 3.05) is 6.54 Å². The number of aliphatic hydroxyl groups excluding tert-OH is 1. The molecular formula is C15H20N4O. The van der Waals surface area contributed by atoms with Crippen molar-refractivity contribution < 1.29 is 5.11 Å². The fourth-order valence-electron chi connectivity index (χ4n) is 2.92. The van der Waals surface area contributed by atoms with Gasteiger partial charge in [-0.2, -0.15) is 0 Å². The van der Waals surface area contributed by atoms with E-state index in [9.17, 15) is 5.11 Å². The van der Waals surface area contributed by atoms with Crippen LogP contribution in [-0.2, 0) is 13.1 Å². The second-order valence-corrected chi connectivity index (χ2v) is 5.24. The van der Waals surface area contributed by atoms with Crippen LogP contribution in [-0.4, -0.2) is 37.4 Å². The molecule has 0 amide bonds. The largest absolute Gasteiger partial charge is 0.387 e. The van der Waals surface area contributed by atoms with Gasteiger partial charge in [0.2, 0.25) is 0 Å². The van der Waals surface area contributed by atoms with Crippen molar-refractivity contribution in [1.82, 2.24) is 19.7 Å². The minimum Gasteiger partial charge on any atom is -0.387 e. The van der Waals surface area contributed by atoms with Crippen molar-refractivity contribution in [3.63, 3.8) is 0 Å². The SMILES string of the molecule is CCC(C(O)c1ccccc1)N1CCn2cnnc2C1. The van der Waals surface area contributed by atoms with Crippen LogP contribution in [0.2, 0.25) is 0 Å². The summed E-state index contributed by atoms with van der Waals surface area (Å²) < 4.78 is 2.08. The van der Waals surface area contributed by atoms with E-state index in [-0.39, 0.29) is 6.04 Å². The van der Waals surface area contributed by atoms with E-state index in [1.54, 1.807) is 6.33 Å². The first-order chi connectivity index (χ1) is 9.79. The monoisotopic (exact) mass is 272 g/mol. The molecule has 2 aromatic rings. The highest BCUT2D eigenvalue weighted by atomic mass is 16.3. The minimum atomic E-state index is -0.462. The maximum atomic E-state index is 10.6. The van der Waals surface area contributed by atoms with E-state index >= 15 is 0 Å². The zero-order valence-corrected chi connectivity index (χ0v) is 11.7. The summed E-state index contributed by atoms with van der Waals surface area (Å²) in [6, 6.07) is 10.00. The van der Waals surface area contributed by atoms with Crippen LogP contribution in [0.4, 0.5) is 0 Å². The zero-order valence-electron chi connectivity index (χ0n) is 11.7. The third kappa shape index (κ3) is 2.46. The van der Waals surface area contributed by atoms with Crippen molar-refractivity contribution in [2.24, 2.45) is 0 Å². The lowest BCUT2D eigenvalue weighted by molar-refractivity contribution is 0.0296. The average molecular weight is 272 g/mol. The molecule has 1 aromatic carbocycles. The van der Waals surface area contributed by atoms with Crippen molar-refractivity contribution in [3.8, 4) is 0 Å². The minimum absolute atomic E-state index is 0.114. The molecule has 0 aliphatic carbocycles. The summed E-state index contributed by atoms with van der Waals surface area (Å²) in [5.41, 5.74) is 0.978. The van der Waals surface area contributed by atoms with Crippen LogP contribution in [0.15, 0.2) is 36.7 Å². The first-order valence-electron chi connectivity index (χ1n) is 7.13. The maximum absolute atomic E-state index is 10.6. The van der Waals surface area contributed by atoms with Crippen LogP contribution in [0.1, 0.15) is 30.8 Å². The molecule has 2 atom stereocenters. The van der Waals surface area contributed by atoms with Crippen molar-refractivity contribution >= 4 is 0 Å². The van der Waals surface area contributed by atoms with E-state index in [1.165, 1.54) is 0 Å². The third-order valence-electron chi connectivity index (χ3n) is 4.06. The molecule has 0 radical (unpaired) electrons. The molecule has 106 valence electrons. The topological polar surface area (TPSA) is 54.2 Å².